The van der Waals surface area contributed by atoms with Crippen molar-refractivity contribution in [3.8, 4) is 0 Å². The number of hydrogen-bond acceptors (Lipinski definition) is 8. The Labute approximate surface area is 227 Å². The van der Waals surface area contributed by atoms with Gasteiger partial charge in [-0.05, 0) is 51.4 Å². The lowest BCUT2D eigenvalue weighted by Crippen LogP contribution is -2.58. The van der Waals surface area contributed by atoms with Crippen molar-refractivity contribution in [3.63, 3.8) is 0 Å². The summed E-state index contributed by atoms with van der Waals surface area (Å²) in [6.45, 7) is 11.1. The van der Waals surface area contributed by atoms with Gasteiger partial charge in [-0.1, -0.05) is 27.7 Å². The molecule has 1 saturated carbocycles. The predicted molar refractivity (Wildman–Crippen MR) is 139 cm³/mol. The Bertz CT molecular complexity index is 696. The van der Waals surface area contributed by atoms with Crippen LogP contribution in [0.4, 0.5) is 0 Å². The van der Waals surface area contributed by atoms with Gasteiger partial charge in [-0.3, -0.25) is 9.59 Å². The summed E-state index contributed by atoms with van der Waals surface area (Å²) in [5.74, 6) is 0.457. The second-order valence-corrected chi connectivity index (χ2v) is 12.1. The second kappa shape index (κ2) is 12.5. The summed E-state index contributed by atoms with van der Waals surface area (Å²) in [6.07, 6.45) is 6.72. The van der Waals surface area contributed by atoms with E-state index in [1.807, 2.05) is 0 Å². The van der Waals surface area contributed by atoms with Gasteiger partial charge >= 0.3 is 11.9 Å². The van der Waals surface area contributed by atoms with Gasteiger partial charge in [-0.25, -0.2) is 0 Å². The van der Waals surface area contributed by atoms with E-state index in [0.29, 0.717) is 52.1 Å². The van der Waals surface area contributed by atoms with Crippen molar-refractivity contribution >= 4 is 11.9 Å². The van der Waals surface area contributed by atoms with Gasteiger partial charge in [-0.15, -0.1) is 0 Å². The molecule has 8 atom stereocenters. The van der Waals surface area contributed by atoms with E-state index in [4.69, 9.17) is 28.4 Å². The van der Waals surface area contributed by atoms with Gasteiger partial charge in [-0.2, -0.15) is 0 Å². The average Bonchev–Trinajstić information content (AvgIpc) is 2.82. The zero-order valence-corrected chi connectivity index (χ0v) is 23.7. The van der Waals surface area contributed by atoms with Gasteiger partial charge in [0.1, 0.15) is 12.2 Å². The maximum absolute atomic E-state index is 13.3. The van der Waals surface area contributed by atoms with Crippen LogP contribution in [0, 0.1) is 35.5 Å². The van der Waals surface area contributed by atoms with E-state index in [-0.39, 0.29) is 84.1 Å². The topological polar surface area (TPSA) is 89.5 Å². The third-order valence-corrected chi connectivity index (χ3v) is 10.1. The highest BCUT2D eigenvalue weighted by Crippen LogP contribution is 2.41. The third-order valence-electron chi connectivity index (χ3n) is 10.1. The number of carbonyl (C=O) groups excluding carboxylic acids is 2. The molecule has 5 fully saturated rings. The van der Waals surface area contributed by atoms with Crippen LogP contribution in [0.25, 0.3) is 0 Å². The molecular weight excluding hydrogens is 488 g/mol. The van der Waals surface area contributed by atoms with E-state index in [1.165, 1.54) is 0 Å². The summed E-state index contributed by atoms with van der Waals surface area (Å²) in [5, 5.41) is 0. The number of esters is 2. The Hall–Kier alpha value is -1.22. The smallest absolute Gasteiger partial charge is 0.309 e. The maximum atomic E-state index is 13.3. The summed E-state index contributed by atoms with van der Waals surface area (Å²) in [7, 11) is 0. The fourth-order valence-electron chi connectivity index (χ4n) is 7.29. The molecule has 0 radical (unpaired) electrons. The van der Waals surface area contributed by atoms with Crippen molar-refractivity contribution in [1.82, 2.24) is 0 Å². The van der Waals surface area contributed by atoms with Crippen LogP contribution in [0.2, 0.25) is 0 Å². The molecule has 0 amide bonds. The lowest BCUT2D eigenvalue weighted by Gasteiger charge is -2.49. The SMILES string of the molecule is CCC1OCC1C(OC(=O)C1CCC(C(=O)OC(C2COC2CC)C2COC2CC)CC1)C1COC1CC. The van der Waals surface area contributed by atoms with Gasteiger partial charge in [0.15, 0.2) is 0 Å². The van der Waals surface area contributed by atoms with Crippen LogP contribution >= 0.6 is 0 Å². The summed E-state index contributed by atoms with van der Waals surface area (Å²) in [6, 6.07) is 0. The Balaban J connectivity index is 1.14. The first-order valence-electron chi connectivity index (χ1n) is 15.4. The average molecular weight is 537 g/mol. The number of ether oxygens (including phenoxy) is 6. The van der Waals surface area contributed by atoms with Crippen molar-refractivity contribution in [1.29, 1.82) is 0 Å². The molecule has 5 rings (SSSR count). The molecule has 8 unspecified atom stereocenters. The normalized spacial score (nSPS) is 41.9. The van der Waals surface area contributed by atoms with Crippen molar-refractivity contribution in [2.24, 2.45) is 35.5 Å². The maximum Gasteiger partial charge on any atom is 0.309 e. The molecule has 216 valence electrons. The minimum Gasteiger partial charge on any atom is -0.461 e. The fourth-order valence-corrected chi connectivity index (χ4v) is 7.29. The Morgan fingerprint density at radius 1 is 0.553 bits per heavy atom. The standard InChI is InChI=1S/C30H48O8/c1-5-23-19(13-33-23)27(20-14-34-24(20)6-2)37-29(31)17-9-11-18(12-10-17)30(32)38-28(21-15-35-25(21)7-3)22-16-36-26(22)8-4/h17-28H,5-16H2,1-4H3. The Morgan fingerprint density at radius 2 is 0.816 bits per heavy atom. The molecule has 4 heterocycles. The lowest BCUT2D eigenvalue weighted by molar-refractivity contribution is -0.238. The van der Waals surface area contributed by atoms with Gasteiger partial charge in [0, 0.05) is 23.7 Å². The van der Waals surface area contributed by atoms with Crippen LogP contribution in [-0.2, 0) is 38.0 Å². The summed E-state index contributed by atoms with van der Waals surface area (Å²) < 4.78 is 35.5. The molecule has 0 spiro atoms. The van der Waals surface area contributed by atoms with Crippen LogP contribution < -0.4 is 0 Å². The molecule has 0 aromatic carbocycles. The quantitative estimate of drug-likeness (QED) is 0.341. The molecule has 0 bridgehead atoms. The van der Waals surface area contributed by atoms with Crippen LogP contribution in [0.3, 0.4) is 0 Å². The molecule has 1 aliphatic carbocycles. The molecule has 8 nitrogen and oxygen atoms in total. The minimum atomic E-state index is -0.159. The van der Waals surface area contributed by atoms with E-state index in [2.05, 4.69) is 27.7 Å². The Kier molecular flexibility index (Phi) is 9.33. The van der Waals surface area contributed by atoms with Crippen LogP contribution in [0.5, 0.6) is 0 Å². The van der Waals surface area contributed by atoms with Gasteiger partial charge < -0.3 is 28.4 Å². The molecular formula is C30H48O8. The predicted octanol–water partition coefficient (Wildman–Crippen LogP) is 4.32. The zero-order chi connectivity index (χ0) is 26.8. The summed E-state index contributed by atoms with van der Waals surface area (Å²) in [4.78, 5) is 26.6. The summed E-state index contributed by atoms with van der Waals surface area (Å²) >= 11 is 0. The molecule has 4 saturated heterocycles. The van der Waals surface area contributed by atoms with E-state index in [0.717, 1.165) is 25.7 Å². The molecule has 4 aliphatic heterocycles. The first kappa shape index (κ1) is 28.3. The van der Waals surface area contributed by atoms with Crippen molar-refractivity contribution in [3.05, 3.63) is 0 Å². The molecule has 0 N–H and O–H groups in total. The summed E-state index contributed by atoms with van der Waals surface area (Å²) in [5.41, 5.74) is 0. The number of carbonyl (C=O) groups is 2. The van der Waals surface area contributed by atoms with Crippen molar-refractivity contribution in [2.45, 2.75) is 116 Å². The van der Waals surface area contributed by atoms with Gasteiger partial charge in [0.25, 0.3) is 0 Å². The third kappa shape index (κ3) is 5.52. The van der Waals surface area contributed by atoms with Crippen LogP contribution in [0.15, 0.2) is 0 Å². The lowest BCUT2D eigenvalue weighted by atomic mass is 9.77. The number of hydrogen-bond donors (Lipinski definition) is 0. The highest BCUT2D eigenvalue weighted by molar-refractivity contribution is 5.75. The molecule has 38 heavy (non-hydrogen) atoms. The first-order chi connectivity index (χ1) is 18.5. The van der Waals surface area contributed by atoms with Crippen LogP contribution in [0.1, 0.15) is 79.1 Å². The monoisotopic (exact) mass is 536 g/mol. The van der Waals surface area contributed by atoms with Gasteiger partial charge in [0.05, 0.1) is 62.7 Å². The largest absolute Gasteiger partial charge is 0.461 e. The molecule has 0 aromatic rings. The number of rotatable bonds is 12. The van der Waals surface area contributed by atoms with E-state index in [9.17, 15) is 9.59 Å². The first-order valence-corrected chi connectivity index (χ1v) is 15.4. The second-order valence-electron chi connectivity index (χ2n) is 12.1. The molecule has 8 heteroatoms. The van der Waals surface area contributed by atoms with Crippen molar-refractivity contribution < 1.29 is 38.0 Å². The van der Waals surface area contributed by atoms with Gasteiger partial charge in [0.2, 0.25) is 0 Å². The van der Waals surface area contributed by atoms with E-state index >= 15 is 0 Å². The zero-order valence-electron chi connectivity index (χ0n) is 23.7. The highest BCUT2D eigenvalue weighted by Gasteiger charge is 2.51. The highest BCUT2D eigenvalue weighted by atomic mass is 16.6. The Morgan fingerprint density at radius 3 is 1.00 bits per heavy atom. The van der Waals surface area contributed by atoms with E-state index in [1.54, 1.807) is 0 Å². The fraction of sp³-hybridized carbons (Fsp3) is 0.933. The molecule has 5 aliphatic rings. The van der Waals surface area contributed by atoms with E-state index < -0.39 is 0 Å². The van der Waals surface area contributed by atoms with Crippen LogP contribution in [-0.4, -0.2) is 75.0 Å². The van der Waals surface area contributed by atoms with Crippen molar-refractivity contribution in [2.75, 3.05) is 26.4 Å². The molecule has 0 aromatic heterocycles. The minimum absolute atomic E-state index is 0.113.